The van der Waals surface area contributed by atoms with Gasteiger partial charge in [-0.25, -0.2) is 9.59 Å². The van der Waals surface area contributed by atoms with E-state index in [9.17, 15) is 9.59 Å². The van der Waals surface area contributed by atoms with Crippen molar-refractivity contribution >= 4 is 17.7 Å². The van der Waals surface area contributed by atoms with E-state index < -0.39 is 5.97 Å². The number of hydrogen-bond donors (Lipinski definition) is 2. The number of nitriles is 1. The highest BCUT2D eigenvalue weighted by Gasteiger charge is 2.32. The fraction of sp³-hybridized carbons (Fsp3) is 0.400. The number of rotatable bonds is 5. The molecule has 2 amide bonds. The molecule has 0 aliphatic heterocycles. The lowest BCUT2D eigenvalue weighted by atomic mass is 10.1. The van der Waals surface area contributed by atoms with Gasteiger partial charge in [0.1, 0.15) is 0 Å². The lowest BCUT2D eigenvalue weighted by molar-refractivity contribution is 0.0697. The predicted molar refractivity (Wildman–Crippen MR) is 77.1 cm³/mol. The first-order chi connectivity index (χ1) is 10.0. The third-order valence-electron chi connectivity index (χ3n) is 3.43. The second-order valence-corrected chi connectivity index (χ2v) is 5.10. The zero-order valence-corrected chi connectivity index (χ0v) is 11.8. The Hall–Kier alpha value is -2.55. The van der Waals surface area contributed by atoms with Gasteiger partial charge >= 0.3 is 12.0 Å². The number of aromatic carboxylic acids is 1. The fourth-order valence-electron chi connectivity index (χ4n) is 2.13. The van der Waals surface area contributed by atoms with Crippen LogP contribution in [0.2, 0.25) is 0 Å². The summed E-state index contributed by atoms with van der Waals surface area (Å²) in [5.41, 5.74) is 1.47. The van der Waals surface area contributed by atoms with Gasteiger partial charge in [0.05, 0.1) is 18.1 Å². The van der Waals surface area contributed by atoms with E-state index in [0.717, 1.165) is 12.8 Å². The van der Waals surface area contributed by atoms with E-state index in [1.165, 1.54) is 12.1 Å². The number of urea groups is 1. The molecule has 21 heavy (non-hydrogen) atoms. The molecule has 6 heteroatoms. The maximum Gasteiger partial charge on any atom is 0.335 e. The van der Waals surface area contributed by atoms with E-state index in [1.807, 2.05) is 6.07 Å². The molecule has 0 unspecified atom stereocenters. The van der Waals surface area contributed by atoms with E-state index in [4.69, 9.17) is 10.4 Å². The van der Waals surface area contributed by atoms with Crippen molar-refractivity contribution in [2.24, 2.45) is 0 Å². The van der Waals surface area contributed by atoms with Crippen LogP contribution in [0.5, 0.6) is 0 Å². The number of carbonyl (C=O) groups excluding carboxylic acids is 1. The molecule has 0 radical (unpaired) electrons. The number of carboxylic acid groups (broad SMARTS) is 1. The Morgan fingerprint density at radius 3 is 2.71 bits per heavy atom. The average Bonchev–Trinajstić information content (AvgIpc) is 3.26. The third-order valence-corrected chi connectivity index (χ3v) is 3.43. The molecular formula is C15H17N3O3. The van der Waals surface area contributed by atoms with Crippen molar-refractivity contribution in [3.05, 3.63) is 29.3 Å². The first kappa shape index (κ1) is 14.9. The van der Waals surface area contributed by atoms with Crippen LogP contribution >= 0.6 is 0 Å². The largest absolute Gasteiger partial charge is 0.478 e. The maximum atomic E-state index is 12.3. The molecule has 2 N–H and O–H groups in total. The number of hydrogen-bond acceptors (Lipinski definition) is 3. The van der Waals surface area contributed by atoms with Crippen LogP contribution < -0.4 is 5.32 Å². The van der Waals surface area contributed by atoms with Crippen molar-refractivity contribution in [1.82, 2.24) is 4.90 Å². The van der Waals surface area contributed by atoms with Crippen molar-refractivity contribution in [1.29, 1.82) is 5.26 Å². The van der Waals surface area contributed by atoms with Crippen LogP contribution in [-0.2, 0) is 0 Å². The summed E-state index contributed by atoms with van der Waals surface area (Å²) >= 11 is 0. The number of anilines is 1. The van der Waals surface area contributed by atoms with E-state index in [1.54, 1.807) is 17.9 Å². The van der Waals surface area contributed by atoms with E-state index in [-0.39, 0.29) is 17.6 Å². The Labute approximate surface area is 123 Å². The maximum absolute atomic E-state index is 12.3. The molecule has 0 aromatic heterocycles. The predicted octanol–water partition coefficient (Wildman–Crippen LogP) is 2.60. The minimum atomic E-state index is -0.996. The fourth-order valence-corrected chi connectivity index (χ4v) is 2.13. The number of amides is 2. The van der Waals surface area contributed by atoms with Gasteiger partial charge in [0.2, 0.25) is 0 Å². The highest BCUT2D eigenvalue weighted by atomic mass is 16.4. The van der Waals surface area contributed by atoms with Gasteiger partial charge in [-0.2, -0.15) is 5.26 Å². The van der Waals surface area contributed by atoms with Crippen molar-refractivity contribution in [3.8, 4) is 6.07 Å². The number of aryl methyl sites for hydroxylation is 1. The first-order valence-electron chi connectivity index (χ1n) is 6.81. The molecule has 0 spiro atoms. The lowest BCUT2D eigenvalue weighted by Crippen LogP contribution is -2.37. The molecule has 0 bridgehead atoms. The van der Waals surface area contributed by atoms with Gasteiger partial charge in [0.15, 0.2) is 0 Å². The van der Waals surface area contributed by atoms with Gasteiger partial charge in [-0.15, -0.1) is 0 Å². The highest BCUT2D eigenvalue weighted by Crippen LogP contribution is 2.28. The second-order valence-electron chi connectivity index (χ2n) is 5.10. The molecule has 0 saturated heterocycles. The number of carboxylic acids is 1. The average molecular weight is 287 g/mol. The summed E-state index contributed by atoms with van der Waals surface area (Å²) in [5, 5.41) is 20.4. The molecule has 6 nitrogen and oxygen atoms in total. The number of nitrogens with one attached hydrogen (secondary N) is 1. The van der Waals surface area contributed by atoms with Crippen LogP contribution in [-0.4, -0.2) is 34.6 Å². The van der Waals surface area contributed by atoms with Crippen LogP contribution in [0.1, 0.15) is 35.2 Å². The van der Waals surface area contributed by atoms with Crippen LogP contribution in [0.3, 0.4) is 0 Å². The monoisotopic (exact) mass is 287 g/mol. The zero-order chi connectivity index (χ0) is 15.4. The van der Waals surface area contributed by atoms with Gasteiger partial charge in [-0.05, 0) is 43.5 Å². The van der Waals surface area contributed by atoms with E-state index in [2.05, 4.69) is 5.32 Å². The highest BCUT2D eigenvalue weighted by molar-refractivity contribution is 5.93. The molecule has 1 aromatic rings. The Morgan fingerprint density at radius 1 is 1.48 bits per heavy atom. The lowest BCUT2D eigenvalue weighted by Gasteiger charge is -2.22. The SMILES string of the molecule is Cc1cc(C(=O)O)ccc1NC(=O)N(CCC#N)C1CC1. The van der Waals surface area contributed by atoms with Crippen molar-refractivity contribution in [3.63, 3.8) is 0 Å². The van der Waals surface area contributed by atoms with Gasteiger partial charge in [0, 0.05) is 18.3 Å². The summed E-state index contributed by atoms with van der Waals surface area (Å²) in [7, 11) is 0. The Balaban J connectivity index is 2.07. The van der Waals surface area contributed by atoms with Gasteiger partial charge < -0.3 is 15.3 Å². The molecule has 1 aliphatic rings. The quantitative estimate of drug-likeness (QED) is 0.870. The molecule has 1 fully saturated rings. The second kappa shape index (κ2) is 6.27. The standard InChI is InChI=1S/C15H17N3O3/c1-10-9-11(14(19)20)3-6-13(10)17-15(21)18(8-2-7-16)12-4-5-12/h3,6,9,12H,2,4-5,8H2,1H3,(H,17,21)(H,19,20). The summed E-state index contributed by atoms with van der Waals surface area (Å²) in [6.07, 6.45) is 2.24. The first-order valence-corrected chi connectivity index (χ1v) is 6.81. The van der Waals surface area contributed by atoms with Crippen LogP contribution in [0.15, 0.2) is 18.2 Å². The summed E-state index contributed by atoms with van der Waals surface area (Å²) in [6, 6.07) is 6.60. The molecule has 1 aliphatic carbocycles. The van der Waals surface area contributed by atoms with Crippen molar-refractivity contribution in [2.75, 3.05) is 11.9 Å². The van der Waals surface area contributed by atoms with Gasteiger partial charge in [-0.3, -0.25) is 0 Å². The molecule has 0 atom stereocenters. The Morgan fingerprint density at radius 2 is 2.19 bits per heavy atom. The molecule has 110 valence electrons. The minimum Gasteiger partial charge on any atom is -0.478 e. The summed E-state index contributed by atoms with van der Waals surface area (Å²) in [4.78, 5) is 24.8. The summed E-state index contributed by atoms with van der Waals surface area (Å²) in [5.74, 6) is -0.996. The van der Waals surface area contributed by atoms with E-state index in [0.29, 0.717) is 24.2 Å². The number of carbonyl (C=O) groups is 2. The van der Waals surface area contributed by atoms with E-state index >= 15 is 0 Å². The third kappa shape index (κ3) is 3.72. The summed E-state index contributed by atoms with van der Waals surface area (Å²) < 4.78 is 0. The Bertz CT molecular complexity index is 603. The Kier molecular flexibility index (Phi) is 4.43. The molecule has 2 rings (SSSR count). The molecule has 1 saturated carbocycles. The van der Waals surface area contributed by atoms with Crippen LogP contribution in [0, 0.1) is 18.3 Å². The normalized spacial score (nSPS) is 13.3. The minimum absolute atomic E-state index is 0.189. The summed E-state index contributed by atoms with van der Waals surface area (Å²) in [6.45, 7) is 2.16. The van der Waals surface area contributed by atoms with Gasteiger partial charge in [-0.1, -0.05) is 0 Å². The van der Waals surface area contributed by atoms with Crippen LogP contribution in [0.4, 0.5) is 10.5 Å². The topological polar surface area (TPSA) is 93.4 Å². The molecule has 0 heterocycles. The van der Waals surface area contributed by atoms with Gasteiger partial charge in [0.25, 0.3) is 0 Å². The number of nitrogens with zero attached hydrogens (tertiary/aromatic N) is 2. The van der Waals surface area contributed by atoms with Crippen molar-refractivity contribution in [2.45, 2.75) is 32.2 Å². The smallest absolute Gasteiger partial charge is 0.335 e. The van der Waals surface area contributed by atoms with Crippen molar-refractivity contribution < 1.29 is 14.7 Å². The van der Waals surface area contributed by atoms with Crippen LogP contribution in [0.25, 0.3) is 0 Å². The molecular weight excluding hydrogens is 270 g/mol. The zero-order valence-electron chi connectivity index (χ0n) is 11.8. The molecule has 1 aromatic carbocycles. The number of benzene rings is 1.